The van der Waals surface area contributed by atoms with Crippen LogP contribution in [0.15, 0.2) is 18.2 Å². The summed E-state index contributed by atoms with van der Waals surface area (Å²) in [6, 6.07) is 4.36. The van der Waals surface area contributed by atoms with Crippen LogP contribution in [0.1, 0.15) is 29.3 Å². The number of benzene rings is 1. The summed E-state index contributed by atoms with van der Waals surface area (Å²) in [6.07, 6.45) is 0.125. The monoisotopic (exact) mass is 267 g/mol. The molecule has 1 aliphatic heterocycles. The summed E-state index contributed by atoms with van der Waals surface area (Å²) in [7, 11) is 0. The Kier molecular flexibility index (Phi) is 3.87. The van der Waals surface area contributed by atoms with E-state index in [9.17, 15) is 14.3 Å². The van der Waals surface area contributed by atoms with E-state index in [1.807, 2.05) is 0 Å². The average Bonchev–Trinajstić information content (AvgIpc) is 2.70. The molecule has 0 bridgehead atoms. The number of carbonyl (C=O) groups is 1. The molecule has 1 amide bonds. The highest BCUT2D eigenvalue weighted by atomic mass is 19.1. The van der Waals surface area contributed by atoms with Crippen LogP contribution in [0.3, 0.4) is 0 Å². The van der Waals surface area contributed by atoms with Crippen molar-refractivity contribution in [2.75, 3.05) is 13.2 Å². The first-order valence-corrected chi connectivity index (χ1v) is 6.31. The van der Waals surface area contributed by atoms with Crippen molar-refractivity contribution < 1.29 is 19.0 Å². The zero-order chi connectivity index (χ0) is 14.0. The topological polar surface area (TPSA) is 58.6 Å². The highest BCUT2D eigenvalue weighted by Crippen LogP contribution is 2.24. The summed E-state index contributed by atoms with van der Waals surface area (Å²) in [5.41, 5.74) is -0.270. The Morgan fingerprint density at radius 1 is 1.63 bits per heavy atom. The molecule has 2 N–H and O–H groups in total. The van der Waals surface area contributed by atoms with Gasteiger partial charge < -0.3 is 15.2 Å². The molecule has 1 saturated heterocycles. The second-order valence-corrected chi connectivity index (χ2v) is 5.03. The second kappa shape index (κ2) is 5.27. The standard InChI is InChI=1S/C14H18FNO3/c1-9-3-4-12(15)11(7-9)13(17)16-8-14(18)5-6-19-10(14)2/h3-4,7,10,18H,5-6,8H2,1-2H3,(H,16,17). The lowest BCUT2D eigenvalue weighted by molar-refractivity contribution is -0.0251. The van der Waals surface area contributed by atoms with Crippen molar-refractivity contribution in [2.45, 2.75) is 32.0 Å². The molecule has 0 saturated carbocycles. The van der Waals surface area contributed by atoms with Crippen molar-refractivity contribution >= 4 is 5.91 Å². The van der Waals surface area contributed by atoms with Crippen molar-refractivity contribution in [1.82, 2.24) is 5.32 Å². The van der Waals surface area contributed by atoms with Gasteiger partial charge in [-0.1, -0.05) is 11.6 Å². The molecule has 1 aromatic carbocycles. The third-order valence-corrected chi connectivity index (χ3v) is 3.58. The molecule has 2 unspecified atom stereocenters. The molecule has 0 aromatic heterocycles. The number of amides is 1. The molecule has 2 rings (SSSR count). The van der Waals surface area contributed by atoms with Crippen molar-refractivity contribution in [3.63, 3.8) is 0 Å². The Labute approximate surface area is 111 Å². The summed E-state index contributed by atoms with van der Waals surface area (Å²) in [4.78, 5) is 11.9. The fraction of sp³-hybridized carbons (Fsp3) is 0.500. The van der Waals surface area contributed by atoms with Crippen LogP contribution < -0.4 is 5.32 Å². The summed E-state index contributed by atoms with van der Waals surface area (Å²) >= 11 is 0. The van der Waals surface area contributed by atoms with Crippen LogP contribution in [-0.4, -0.2) is 35.9 Å². The van der Waals surface area contributed by atoms with Crippen molar-refractivity contribution in [2.24, 2.45) is 0 Å². The number of ether oxygens (including phenoxy) is 1. The zero-order valence-corrected chi connectivity index (χ0v) is 11.1. The molecule has 0 radical (unpaired) electrons. The first-order chi connectivity index (χ1) is 8.92. The fourth-order valence-corrected chi connectivity index (χ4v) is 2.14. The smallest absolute Gasteiger partial charge is 0.254 e. The third kappa shape index (κ3) is 2.93. The van der Waals surface area contributed by atoms with Gasteiger partial charge in [0.05, 0.1) is 11.7 Å². The Morgan fingerprint density at radius 2 is 2.37 bits per heavy atom. The van der Waals surface area contributed by atoms with E-state index in [1.54, 1.807) is 19.9 Å². The van der Waals surface area contributed by atoms with Crippen LogP contribution in [0.2, 0.25) is 0 Å². The normalized spacial score (nSPS) is 26.4. The number of carbonyl (C=O) groups excluding carboxylic acids is 1. The number of aryl methyl sites for hydroxylation is 1. The van der Waals surface area contributed by atoms with Crippen LogP contribution >= 0.6 is 0 Å². The third-order valence-electron chi connectivity index (χ3n) is 3.58. The number of rotatable bonds is 3. The maximum Gasteiger partial charge on any atom is 0.254 e. The van der Waals surface area contributed by atoms with Gasteiger partial charge in [-0.15, -0.1) is 0 Å². The lowest BCUT2D eigenvalue weighted by Gasteiger charge is -2.26. The van der Waals surface area contributed by atoms with E-state index >= 15 is 0 Å². The molecule has 19 heavy (non-hydrogen) atoms. The maximum atomic E-state index is 13.5. The fourth-order valence-electron chi connectivity index (χ4n) is 2.14. The van der Waals surface area contributed by atoms with E-state index in [0.29, 0.717) is 13.0 Å². The number of halogens is 1. The first kappa shape index (κ1) is 14.0. The SMILES string of the molecule is Cc1ccc(F)c(C(=O)NCC2(O)CCOC2C)c1. The van der Waals surface area contributed by atoms with Gasteiger partial charge in [0, 0.05) is 19.6 Å². The van der Waals surface area contributed by atoms with Crippen LogP contribution in [0.5, 0.6) is 0 Å². The lowest BCUT2D eigenvalue weighted by Crippen LogP contribution is -2.47. The number of hydrogen-bond donors (Lipinski definition) is 2. The predicted molar refractivity (Wildman–Crippen MR) is 68.5 cm³/mol. The molecule has 104 valence electrons. The van der Waals surface area contributed by atoms with Gasteiger partial charge in [-0.2, -0.15) is 0 Å². The van der Waals surface area contributed by atoms with Gasteiger partial charge in [-0.25, -0.2) is 4.39 Å². The summed E-state index contributed by atoms with van der Waals surface area (Å²) in [5, 5.41) is 12.8. The Balaban J connectivity index is 2.03. The van der Waals surface area contributed by atoms with E-state index < -0.39 is 17.3 Å². The molecule has 0 spiro atoms. The van der Waals surface area contributed by atoms with Gasteiger partial charge in [0.1, 0.15) is 11.4 Å². The van der Waals surface area contributed by atoms with Gasteiger partial charge in [-0.3, -0.25) is 4.79 Å². The molecule has 2 atom stereocenters. The van der Waals surface area contributed by atoms with Crippen LogP contribution in [0, 0.1) is 12.7 Å². The maximum absolute atomic E-state index is 13.5. The molecule has 1 fully saturated rings. The number of hydrogen-bond acceptors (Lipinski definition) is 3. The lowest BCUT2D eigenvalue weighted by atomic mass is 9.96. The average molecular weight is 267 g/mol. The van der Waals surface area contributed by atoms with Gasteiger partial charge in [0.15, 0.2) is 0 Å². The van der Waals surface area contributed by atoms with E-state index in [4.69, 9.17) is 4.74 Å². The highest BCUT2D eigenvalue weighted by Gasteiger charge is 2.39. The summed E-state index contributed by atoms with van der Waals surface area (Å²) in [6.45, 7) is 4.07. The van der Waals surface area contributed by atoms with Crippen molar-refractivity contribution in [3.05, 3.63) is 35.1 Å². The minimum Gasteiger partial charge on any atom is -0.385 e. The van der Waals surface area contributed by atoms with E-state index in [2.05, 4.69) is 5.32 Å². The molecule has 1 aromatic rings. The van der Waals surface area contributed by atoms with E-state index in [0.717, 1.165) is 5.56 Å². The van der Waals surface area contributed by atoms with E-state index in [-0.39, 0.29) is 18.2 Å². The van der Waals surface area contributed by atoms with Crippen LogP contribution in [0.4, 0.5) is 4.39 Å². The number of nitrogens with one attached hydrogen (secondary N) is 1. The molecule has 5 heteroatoms. The van der Waals surface area contributed by atoms with Gasteiger partial charge in [0.25, 0.3) is 5.91 Å². The molecule has 0 aliphatic carbocycles. The van der Waals surface area contributed by atoms with Crippen molar-refractivity contribution in [1.29, 1.82) is 0 Å². The Morgan fingerprint density at radius 3 is 3.00 bits per heavy atom. The number of aliphatic hydroxyl groups is 1. The first-order valence-electron chi connectivity index (χ1n) is 6.31. The quantitative estimate of drug-likeness (QED) is 0.870. The second-order valence-electron chi connectivity index (χ2n) is 5.03. The Hall–Kier alpha value is -1.46. The van der Waals surface area contributed by atoms with Gasteiger partial charge in [-0.05, 0) is 26.0 Å². The van der Waals surface area contributed by atoms with Crippen LogP contribution in [0.25, 0.3) is 0 Å². The van der Waals surface area contributed by atoms with E-state index in [1.165, 1.54) is 12.1 Å². The predicted octanol–water partition coefficient (Wildman–Crippen LogP) is 1.40. The summed E-state index contributed by atoms with van der Waals surface area (Å²) in [5.74, 6) is -1.08. The summed E-state index contributed by atoms with van der Waals surface area (Å²) < 4.78 is 18.8. The molecule has 1 heterocycles. The van der Waals surface area contributed by atoms with Crippen LogP contribution in [-0.2, 0) is 4.74 Å². The molecule has 4 nitrogen and oxygen atoms in total. The van der Waals surface area contributed by atoms with Crippen molar-refractivity contribution in [3.8, 4) is 0 Å². The minimum atomic E-state index is -1.07. The molecular formula is C14H18FNO3. The largest absolute Gasteiger partial charge is 0.385 e. The molecule has 1 aliphatic rings. The highest BCUT2D eigenvalue weighted by molar-refractivity contribution is 5.94. The Bertz CT molecular complexity index is 492. The minimum absolute atomic E-state index is 0.00447. The van der Waals surface area contributed by atoms with Gasteiger partial charge in [0.2, 0.25) is 0 Å². The van der Waals surface area contributed by atoms with Gasteiger partial charge >= 0.3 is 0 Å². The zero-order valence-electron chi connectivity index (χ0n) is 11.1. The molecular weight excluding hydrogens is 249 g/mol.